The molecule has 1 rings (SSSR count). The Bertz CT molecular complexity index is 179. The van der Waals surface area contributed by atoms with E-state index in [2.05, 4.69) is 13.8 Å². The maximum absolute atomic E-state index is 11.4. The first kappa shape index (κ1) is 11.5. The summed E-state index contributed by atoms with van der Waals surface area (Å²) in [7, 11) is 0. The van der Waals surface area contributed by atoms with Crippen LogP contribution in [0.25, 0.3) is 0 Å². The first-order valence-corrected chi connectivity index (χ1v) is 6.05. The van der Waals surface area contributed by atoms with E-state index in [1.807, 2.05) is 4.90 Å². The maximum Gasteiger partial charge on any atom is 0.222 e. The SMILES string of the molecule is CCCC(CC)CCN1CCCC1=O. The van der Waals surface area contributed by atoms with Gasteiger partial charge in [0.1, 0.15) is 0 Å². The molecule has 14 heavy (non-hydrogen) atoms. The molecule has 1 atom stereocenters. The van der Waals surface area contributed by atoms with Crippen molar-refractivity contribution in [1.29, 1.82) is 0 Å². The number of hydrogen-bond donors (Lipinski definition) is 0. The molecule has 0 aromatic carbocycles. The van der Waals surface area contributed by atoms with Crippen molar-refractivity contribution in [3.8, 4) is 0 Å². The lowest BCUT2D eigenvalue weighted by Crippen LogP contribution is -2.27. The van der Waals surface area contributed by atoms with Crippen molar-refractivity contribution in [2.75, 3.05) is 13.1 Å². The van der Waals surface area contributed by atoms with Crippen LogP contribution in [-0.4, -0.2) is 23.9 Å². The van der Waals surface area contributed by atoms with Gasteiger partial charge in [-0.3, -0.25) is 4.79 Å². The number of hydrogen-bond acceptors (Lipinski definition) is 1. The Morgan fingerprint density at radius 2 is 2.14 bits per heavy atom. The molecular formula is C12H23NO. The Morgan fingerprint density at radius 1 is 1.36 bits per heavy atom. The molecule has 1 unspecified atom stereocenters. The highest BCUT2D eigenvalue weighted by molar-refractivity contribution is 5.77. The van der Waals surface area contributed by atoms with Crippen LogP contribution in [0.4, 0.5) is 0 Å². The molecule has 0 N–H and O–H groups in total. The van der Waals surface area contributed by atoms with Crippen LogP contribution in [0.3, 0.4) is 0 Å². The van der Waals surface area contributed by atoms with Gasteiger partial charge in [0.15, 0.2) is 0 Å². The van der Waals surface area contributed by atoms with Crippen LogP contribution in [0.2, 0.25) is 0 Å². The Morgan fingerprint density at radius 3 is 2.64 bits per heavy atom. The van der Waals surface area contributed by atoms with Crippen molar-refractivity contribution in [1.82, 2.24) is 4.90 Å². The minimum absolute atomic E-state index is 0.372. The van der Waals surface area contributed by atoms with E-state index in [0.717, 1.165) is 31.8 Å². The maximum atomic E-state index is 11.4. The Kier molecular flexibility index (Phi) is 4.99. The molecule has 0 aliphatic carbocycles. The molecule has 82 valence electrons. The Hall–Kier alpha value is -0.530. The third-order valence-electron chi connectivity index (χ3n) is 3.25. The molecule has 1 fully saturated rings. The fourth-order valence-electron chi connectivity index (χ4n) is 2.24. The topological polar surface area (TPSA) is 20.3 Å². The van der Waals surface area contributed by atoms with E-state index < -0.39 is 0 Å². The van der Waals surface area contributed by atoms with Crippen molar-refractivity contribution in [3.63, 3.8) is 0 Å². The normalized spacial score (nSPS) is 19.0. The summed E-state index contributed by atoms with van der Waals surface area (Å²) >= 11 is 0. The standard InChI is InChI=1S/C12H23NO/c1-3-6-11(4-2)8-10-13-9-5-7-12(13)14/h11H,3-10H2,1-2H3. The van der Waals surface area contributed by atoms with Gasteiger partial charge >= 0.3 is 0 Å². The van der Waals surface area contributed by atoms with E-state index in [0.29, 0.717) is 5.91 Å². The summed E-state index contributed by atoms with van der Waals surface area (Å²) < 4.78 is 0. The molecule has 0 saturated carbocycles. The zero-order valence-electron chi connectivity index (χ0n) is 9.59. The van der Waals surface area contributed by atoms with Gasteiger partial charge in [0, 0.05) is 19.5 Å². The van der Waals surface area contributed by atoms with Gasteiger partial charge in [0.2, 0.25) is 5.91 Å². The van der Waals surface area contributed by atoms with Gasteiger partial charge in [0.25, 0.3) is 0 Å². The number of carbonyl (C=O) groups is 1. The van der Waals surface area contributed by atoms with Crippen molar-refractivity contribution in [2.24, 2.45) is 5.92 Å². The summed E-state index contributed by atoms with van der Waals surface area (Å²) in [6.07, 6.45) is 6.91. The molecule has 0 spiro atoms. The van der Waals surface area contributed by atoms with Gasteiger partial charge in [-0.05, 0) is 18.8 Å². The number of carbonyl (C=O) groups excluding carboxylic acids is 1. The van der Waals surface area contributed by atoms with E-state index in [9.17, 15) is 4.79 Å². The molecule has 2 nitrogen and oxygen atoms in total. The van der Waals surface area contributed by atoms with Crippen LogP contribution < -0.4 is 0 Å². The van der Waals surface area contributed by atoms with E-state index in [1.54, 1.807) is 0 Å². The van der Waals surface area contributed by atoms with Gasteiger partial charge in [-0.15, -0.1) is 0 Å². The lowest BCUT2D eigenvalue weighted by atomic mass is 9.97. The molecule has 1 saturated heterocycles. The average molecular weight is 197 g/mol. The highest BCUT2D eigenvalue weighted by atomic mass is 16.2. The third-order valence-corrected chi connectivity index (χ3v) is 3.25. The molecule has 0 aromatic heterocycles. The van der Waals surface area contributed by atoms with Crippen molar-refractivity contribution in [2.45, 2.75) is 52.4 Å². The van der Waals surface area contributed by atoms with Crippen LogP contribution in [0, 0.1) is 5.92 Å². The van der Waals surface area contributed by atoms with Gasteiger partial charge in [-0.1, -0.05) is 33.1 Å². The van der Waals surface area contributed by atoms with Crippen LogP contribution in [-0.2, 0) is 4.79 Å². The zero-order valence-corrected chi connectivity index (χ0v) is 9.59. The van der Waals surface area contributed by atoms with Crippen LogP contribution in [0.1, 0.15) is 52.4 Å². The molecule has 1 heterocycles. The van der Waals surface area contributed by atoms with Gasteiger partial charge in [0.05, 0.1) is 0 Å². The first-order valence-electron chi connectivity index (χ1n) is 6.05. The minimum atomic E-state index is 0.372. The summed E-state index contributed by atoms with van der Waals surface area (Å²) in [5.41, 5.74) is 0. The summed E-state index contributed by atoms with van der Waals surface area (Å²) in [6, 6.07) is 0. The van der Waals surface area contributed by atoms with Crippen LogP contribution in [0.15, 0.2) is 0 Å². The van der Waals surface area contributed by atoms with E-state index >= 15 is 0 Å². The Balaban J connectivity index is 2.20. The monoisotopic (exact) mass is 197 g/mol. The number of amides is 1. The predicted octanol–water partition coefficient (Wildman–Crippen LogP) is 2.83. The summed E-state index contributed by atoms with van der Waals surface area (Å²) in [5.74, 6) is 1.20. The molecule has 2 heteroatoms. The molecule has 0 radical (unpaired) electrons. The summed E-state index contributed by atoms with van der Waals surface area (Å²) in [4.78, 5) is 13.4. The second-order valence-electron chi connectivity index (χ2n) is 4.34. The lowest BCUT2D eigenvalue weighted by molar-refractivity contribution is -0.127. The highest BCUT2D eigenvalue weighted by Crippen LogP contribution is 2.18. The fraction of sp³-hybridized carbons (Fsp3) is 0.917. The molecule has 1 aliphatic heterocycles. The minimum Gasteiger partial charge on any atom is -0.343 e. The average Bonchev–Trinajstić information content (AvgIpc) is 2.59. The lowest BCUT2D eigenvalue weighted by Gasteiger charge is -2.19. The fourth-order valence-corrected chi connectivity index (χ4v) is 2.24. The number of nitrogens with zero attached hydrogens (tertiary/aromatic N) is 1. The third kappa shape index (κ3) is 3.32. The Labute approximate surface area is 87.7 Å². The summed E-state index contributed by atoms with van der Waals surface area (Å²) in [5, 5.41) is 0. The second kappa shape index (κ2) is 6.05. The molecule has 0 aromatic rings. The quantitative estimate of drug-likeness (QED) is 0.641. The smallest absolute Gasteiger partial charge is 0.222 e. The largest absolute Gasteiger partial charge is 0.343 e. The number of rotatable bonds is 6. The molecular weight excluding hydrogens is 174 g/mol. The molecule has 0 bridgehead atoms. The van der Waals surface area contributed by atoms with Crippen molar-refractivity contribution >= 4 is 5.91 Å². The summed E-state index contributed by atoms with van der Waals surface area (Å²) in [6.45, 7) is 6.49. The molecule has 1 amide bonds. The van der Waals surface area contributed by atoms with Gasteiger partial charge in [-0.2, -0.15) is 0 Å². The van der Waals surface area contributed by atoms with Gasteiger partial charge in [-0.25, -0.2) is 0 Å². The van der Waals surface area contributed by atoms with E-state index in [1.165, 1.54) is 25.7 Å². The highest BCUT2D eigenvalue weighted by Gasteiger charge is 2.20. The second-order valence-corrected chi connectivity index (χ2v) is 4.34. The van der Waals surface area contributed by atoms with Crippen molar-refractivity contribution in [3.05, 3.63) is 0 Å². The van der Waals surface area contributed by atoms with Crippen molar-refractivity contribution < 1.29 is 4.79 Å². The van der Waals surface area contributed by atoms with Crippen LogP contribution in [0.5, 0.6) is 0 Å². The molecule has 1 aliphatic rings. The zero-order chi connectivity index (χ0) is 10.4. The van der Waals surface area contributed by atoms with E-state index in [-0.39, 0.29) is 0 Å². The first-order chi connectivity index (χ1) is 6.77. The van der Waals surface area contributed by atoms with E-state index in [4.69, 9.17) is 0 Å². The predicted molar refractivity (Wildman–Crippen MR) is 59.1 cm³/mol. The van der Waals surface area contributed by atoms with Gasteiger partial charge < -0.3 is 4.90 Å². The van der Waals surface area contributed by atoms with Crippen LogP contribution >= 0.6 is 0 Å². The number of likely N-dealkylation sites (tertiary alicyclic amines) is 1.